The Hall–Kier alpha value is -3.60. The lowest BCUT2D eigenvalue weighted by Gasteiger charge is -2.31. The molecule has 1 unspecified atom stereocenters. The normalized spacial score (nSPS) is 11.4. The van der Waals surface area contributed by atoms with Gasteiger partial charge < -0.3 is 15.0 Å². The molecule has 0 spiro atoms. The van der Waals surface area contributed by atoms with Crippen molar-refractivity contribution >= 4 is 11.8 Å². The Morgan fingerprint density at radius 2 is 1.44 bits per heavy atom. The maximum atomic E-state index is 13.4. The summed E-state index contributed by atoms with van der Waals surface area (Å²) in [6.07, 6.45) is 0.789. The van der Waals surface area contributed by atoms with Crippen molar-refractivity contribution in [3.05, 3.63) is 102 Å². The number of methoxy groups -OCH3 is 1. The zero-order valence-electron chi connectivity index (χ0n) is 18.7. The first-order valence-corrected chi connectivity index (χ1v) is 10.9. The number of carbonyl (C=O) groups excluding carboxylic acids is 2. The quantitative estimate of drug-likeness (QED) is 0.520. The fourth-order valence-corrected chi connectivity index (χ4v) is 3.59. The molecule has 0 saturated heterocycles. The molecule has 0 heterocycles. The molecule has 3 aromatic rings. The van der Waals surface area contributed by atoms with E-state index in [-0.39, 0.29) is 11.8 Å². The maximum absolute atomic E-state index is 13.4. The molecule has 2 amide bonds. The number of nitrogens with zero attached hydrogens (tertiary/aromatic N) is 1. The first-order chi connectivity index (χ1) is 15.6. The van der Waals surface area contributed by atoms with Crippen molar-refractivity contribution in [1.29, 1.82) is 0 Å². The summed E-state index contributed by atoms with van der Waals surface area (Å²) in [6.45, 7) is 2.60. The molecule has 1 N–H and O–H groups in total. The third-order valence-electron chi connectivity index (χ3n) is 5.40. The summed E-state index contributed by atoms with van der Waals surface area (Å²) in [5.41, 5.74) is 2.98. The van der Waals surface area contributed by atoms with E-state index in [0.717, 1.165) is 22.4 Å². The fraction of sp³-hybridized carbons (Fsp3) is 0.259. The largest absolute Gasteiger partial charge is 0.497 e. The Bertz CT molecular complexity index is 988. The van der Waals surface area contributed by atoms with E-state index < -0.39 is 6.04 Å². The molecular weight excluding hydrogens is 400 g/mol. The first-order valence-electron chi connectivity index (χ1n) is 10.9. The Morgan fingerprint density at radius 3 is 2.00 bits per heavy atom. The van der Waals surface area contributed by atoms with Gasteiger partial charge in [-0.15, -0.1) is 0 Å². The van der Waals surface area contributed by atoms with Crippen LogP contribution in [0.25, 0.3) is 0 Å². The topological polar surface area (TPSA) is 58.6 Å². The molecule has 0 fully saturated rings. The van der Waals surface area contributed by atoms with Gasteiger partial charge in [-0.1, -0.05) is 79.7 Å². The maximum Gasteiger partial charge on any atom is 0.243 e. The van der Waals surface area contributed by atoms with E-state index >= 15 is 0 Å². The molecule has 5 heteroatoms. The van der Waals surface area contributed by atoms with E-state index in [1.165, 1.54) is 0 Å². The average molecular weight is 431 g/mol. The van der Waals surface area contributed by atoms with Gasteiger partial charge in [0.25, 0.3) is 0 Å². The summed E-state index contributed by atoms with van der Waals surface area (Å²) in [7, 11) is 1.62. The summed E-state index contributed by atoms with van der Waals surface area (Å²) in [5.74, 6) is 0.557. The predicted molar refractivity (Wildman–Crippen MR) is 126 cm³/mol. The number of carbonyl (C=O) groups is 2. The third-order valence-corrected chi connectivity index (χ3v) is 5.40. The monoisotopic (exact) mass is 430 g/mol. The lowest BCUT2D eigenvalue weighted by molar-refractivity contribution is -0.141. The summed E-state index contributed by atoms with van der Waals surface area (Å²) in [6, 6.07) is 26.6. The molecule has 0 aliphatic rings. The highest BCUT2D eigenvalue weighted by Crippen LogP contribution is 2.16. The van der Waals surface area contributed by atoms with E-state index in [9.17, 15) is 9.59 Å². The van der Waals surface area contributed by atoms with Crippen LogP contribution in [0.4, 0.5) is 0 Å². The van der Waals surface area contributed by atoms with Crippen LogP contribution in [-0.4, -0.2) is 29.9 Å². The third kappa shape index (κ3) is 6.45. The highest BCUT2D eigenvalue weighted by molar-refractivity contribution is 5.87. The minimum Gasteiger partial charge on any atom is -0.497 e. The Labute approximate surface area is 190 Å². The standard InChI is InChI=1S/C27H30N2O3/c1-3-26(30)29(20-23-12-8-5-9-13-23)25(18-21-10-6-4-7-11-21)27(31)28-19-22-14-16-24(32-2)17-15-22/h4-17,25H,3,18-20H2,1-2H3,(H,28,31). The van der Waals surface area contributed by atoms with Gasteiger partial charge >= 0.3 is 0 Å². The molecular formula is C27H30N2O3. The summed E-state index contributed by atoms with van der Waals surface area (Å²) in [4.78, 5) is 28.0. The number of hydrogen-bond donors (Lipinski definition) is 1. The van der Waals surface area contributed by atoms with Crippen LogP contribution in [0.2, 0.25) is 0 Å². The number of benzene rings is 3. The second-order valence-electron chi connectivity index (χ2n) is 7.63. The zero-order chi connectivity index (χ0) is 22.8. The van der Waals surface area contributed by atoms with Crippen molar-refractivity contribution in [1.82, 2.24) is 10.2 Å². The van der Waals surface area contributed by atoms with Crippen LogP contribution in [0.5, 0.6) is 5.75 Å². The molecule has 0 aliphatic heterocycles. The fourth-order valence-electron chi connectivity index (χ4n) is 3.59. The molecule has 0 aliphatic carbocycles. The number of hydrogen-bond acceptors (Lipinski definition) is 3. The van der Waals surface area contributed by atoms with Gasteiger partial charge in [0, 0.05) is 25.9 Å². The highest BCUT2D eigenvalue weighted by Gasteiger charge is 2.29. The van der Waals surface area contributed by atoms with Crippen molar-refractivity contribution in [2.75, 3.05) is 7.11 Å². The van der Waals surface area contributed by atoms with Crippen molar-refractivity contribution in [3.8, 4) is 5.75 Å². The van der Waals surface area contributed by atoms with Gasteiger partial charge in [0.05, 0.1) is 7.11 Å². The van der Waals surface area contributed by atoms with E-state index in [0.29, 0.717) is 25.9 Å². The molecule has 3 rings (SSSR count). The summed E-state index contributed by atoms with van der Waals surface area (Å²) < 4.78 is 5.19. The molecule has 32 heavy (non-hydrogen) atoms. The number of amides is 2. The van der Waals surface area contributed by atoms with Crippen LogP contribution >= 0.6 is 0 Å². The smallest absolute Gasteiger partial charge is 0.243 e. The van der Waals surface area contributed by atoms with Crippen molar-refractivity contribution in [2.24, 2.45) is 0 Å². The van der Waals surface area contributed by atoms with Gasteiger partial charge in [0.15, 0.2) is 0 Å². The van der Waals surface area contributed by atoms with E-state index in [2.05, 4.69) is 5.32 Å². The molecule has 1 atom stereocenters. The average Bonchev–Trinajstić information content (AvgIpc) is 2.85. The second kappa shape index (κ2) is 11.7. The van der Waals surface area contributed by atoms with Crippen LogP contribution in [0.3, 0.4) is 0 Å². The molecule has 0 bridgehead atoms. The molecule has 0 aromatic heterocycles. The molecule has 0 radical (unpaired) electrons. The minimum absolute atomic E-state index is 0.0469. The lowest BCUT2D eigenvalue weighted by Crippen LogP contribution is -2.50. The van der Waals surface area contributed by atoms with Crippen LogP contribution in [0.15, 0.2) is 84.9 Å². The van der Waals surface area contributed by atoms with Crippen molar-refractivity contribution in [3.63, 3.8) is 0 Å². The van der Waals surface area contributed by atoms with Gasteiger partial charge in [-0.05, 0) is 28.8 Å². The van der Waals surface area contributed by atoms with Gasteiger partial charge in [0.1, 0.15) is 11.8 Å². The van der Waals surface area contributed by atoms with Crippen LogP contribution in [-0.2, 0) is 29.1 Å². The second-order valence-corrected chi connectivity index (χ2v) is 7.63. The highest BCUT2D eigenvalue weighted by atomic mass is 16.5. The minimum atomic E-state index is -0.608. The van der Waals surface area contributed by atoms with Gasteiger partial charge in [-0.3, -0.25) is 9.59 Å². The zero-order valence-corrected chi connectivity index (χ0v) is 18.7. The Morgan fingerprint density at radius 1 is 0.844 bits per heavy atom. The van der Waals surface area contributed by atoms with Crippen LogP contribution < -0.4 is 10.1 Å². The van der Waals surface area contributed by atoms with E-state index in [1.807, 2.05) is 91.9 Å². The summed E-state index contributed by atoms with van der Waals surface area (Å²) >= 11 is 0. The predicted octanol–water partition coefficient (Wildman–Crippen LogP) is 4.36. The number of ether oxygens (including phenoxy) is 1. The van der Waals surface area contributed by atoms with Gasteiger partial charge in [-0.25, -0.2) is 0 Å². The molecule has 0 saturated carbocycles. The van der Waals surface area contributed by atoms with Gasteiger partial charge in [-0.2, -0.15) is 0 Å². The van der Waals surface area contributed by atoms with Gasteiger partial charge in [0.2, 0.25) is 11.8 Å². The van der Waals surface area contributed by atoms with Crippen LogP contribution in [0, 0.1) is 0 Å². The summed E-state index contributed by atoms with van der Waals surface area (Å²) in [5, 5.41) is 3.03. The number of rotatable bonds is 10. The number of nitrogens with one attached hydrogen (secondary N) is 1. The van der Waals surface area contributed by atoms with E-state index in [4.69, 9.17) is 4.74 Å². The van der Waals surface area contributed by atoms with Crippen molar-refractivity contribution < 1.29 is 14.3 Å². The van der Waals surface area contributed by atoms with Crippen molar-refractivity contribution in [2.45, 2.75) is 38.9 Å². The molecule has 5 nitrogen and oxygen atoms in total. The molecule has 3 aromatic carbocycles. The molecule has 166 valence electrons. The SMILES string of the molecule is CCC(=O)N(Cc1ccccc1)C(Cc1ccccc1)C(=O)NCc1ccc(OC)cc1. The van der Waals surface area contributed by atoms with Crippen LogP contribution in [0.1, 0.15) is 30.0 Å². The lowest BCUT2D eigenvalue weighted by atomic mass is 10.0. The Kier molecular flexibility index (Phi) is 8.44. The van der Waals surface area contributed by atoms with E-state index in [1.54, 1.807) is 12.0 Å². The Balaban J connectivity index is 1.82. The first kappa shape index (κ1) is 23.1.